The van der Waals surface area contributed by atoms with Gasteiger partial charge in [0.1, 0.15) is 11.6 Å². The number of nitrogens with one attached hydrogen (secondary N) is 1. The molecule has 18 heavy (non-hydrogen) atoms. The van der Waals surface area contributed by atoms with Crippen molar-refractivity contribution in [3.63, 3.8) is 0 Å². The van der Waals surface area contributed by atoms with E-state index in [4.69, 9.17) is 10.9 Å². The quantitative estimate of drug-likeness (QED) is 0.322. The summed E-state index contributed by atoms with van der Waals surface area (Å²) in [4.78, 5) is 11.3. The van der Waals surface area contributed by atoms with Gasteiger partial charge in [-0.05, 0) is 24.3 Å². The number of amidine groups is 1. The van der Waals surface area contributed by atoms with E-state index in [1.807, 2.05) is 0 Å². The molecule has 0 radical (unpaired) electrons. The van der Waals surface area contributed by atoms with Gasteiger partial charge < -0.3 is 21.0 Å². The van der Waals surface area contributed by atoms with E-state index in [1.165, 1.54) is 24.3 Å². The Kier molecular flexibility index (Phi) is 4.85. The summed E-state index contributed by atoms with van der Waals surface area (Å²) in [5.74, 6) is -0.739. The number of carbonyl (C=O) groups is 1. The van der Waals surface area contributed by atoms with E-state index in [-0.39, 0.29) is 18.0 Å². The number of oxime groups is 1. The molecule has 0 fully saturated rings. The zero-order valence-electron chi connectivity index (χ0n) is 9.14. The number of halogens is 2. The Balaban J connectivity index is 2.55. The maximum absolute atomic E-state index is 11.9. The predicted octanol–water partition coefficient (Wildman–Crippen LogP) is 1.36. The summed E-state index contributed by atoms with van der Waals surface area (Å²) in [6, 6.07) is 5.35. The van der Waals surface area contributed by atoms with Gasteiger partial charge in [0.05, 0.1) is 6.42 Å². The van der Waals surface area contributed by atoms with Gasteiger partial charge in [-0.3, -0.25) is 4.79 Å². The number of anilines is 1. The molecule has 1 rings (SSSR count). The average Bonchev–Trinajstić information content (AvgIpc) is 2.30. The monoisotopic (exact) mass is 259 g/mol. The molecule has 1 amide bonds. The fourth-order valence-corrected chi connectivity index (χ4v) is 1.12. The molecule has 0 saturated heterocycles. The van der Waals surface area contributed by atoms with E-state index in [0.29, 0.717) is 5.69 Å². The number of carbonyl (C=O) groups excluding carboxylic acids is 1. The van der Waals surface area contributed by atoms with E-state index in [2.05, 4.69) is 15.2 Å². The second-order valence-corrected chi connectivity index (χ2v) is 3.22. The molecule has 98 valence electrons. The number of hydrogen-bond donors (Lipinski definition) is 3. The highest BCUT2D eigenvalue weighted by Gasteiger charge is 2.07. The number of alkyl halides is 2. The van der Waals surface area contributed by atoms with Crippen LogP contribution in [0, 0.1) is 0 Å². The minimum atomic E-state index is -2.90. The van der Waals surface area contributed by atoms with Gasteiger partial charge >= 0.3 is 6.61 Å². The fraction of sp³-hybridized carbons (Fsp3) is 0.200. The molecule has 4 N–H and O–H groups in total. The summed E-state index contributed by atoms with van der Waals surface area (Å²) in [6.07, 6.45) is -0.272. The summed E-state index contributed by atoms with van der Waals surface area (Å²) < 4.78 is 27.9. The van der Waals surface area contributed by atoms with Crippen molar-refractivity contribution >= 4 is 17.4 Å². The van der Waals surface area contributed by atoms with Gasteiger partial charge in [-0.1, -0.05) is 5.16 Å². The smallest absolute Gasteiger partial charge is 0.387 e. The van der Waals surface area contributed by atoms with E-state index >= 15 is 0 Å². The average molecular weight is 259 g/mol. The number of nitrogens with two attached hydrogens (primary N) is 1. The van der Waals surface area contributed by atoms with Gasteiger partial charge in [0.2, 0.25) is 5.91 Å². The van der Waals surface area contributed by atoms with Crippen LogP contribution >= 0.6 is 0 Å². The first-order valence-electron chi connectivity index (χ1n) is 4.82. The van der Waals surface area contributed by atoms with Crippen molar-refractivity contribution in [3.8, 4) is 5.75 Å². The maximum Gasteiger partial charge on any atom is 0.387 e. The van der Waals surface area contributed by atoms with Gasteiger partial charge in [0, 0.05) is 5.69 Å². The number of amides is 1. The maximum atomic E-state index is 11.9. The molecule has 1 aromatic rings. The first kappa shape index (κ1) is 13.7. The summed E-state index contributed by atoms with van der Waals surface area (Å²) in [5.41, 5.74) is 5.52. The van der Waals surface area contributed by atoms with E-state index < -0.39 is 12.5 Å². The van der Waals surface area contributed by atoms with Gasteiger partial charge in [0.25, 0.3) is 0 Å². The third kappa shape index (κ3) is 4.64. The molecular weight excluding hydrogens is 248 g/mol. The third-order valence-electron chi connectivity index (χ3n) is 1.83. The molecule has 0 aromatic heterocycles. The molecule has 6 nitrogen and oxygen atoms in total. The number of benzene rings is 1. The van der Waals surface area contributed by atoms with Gasteiger partial charge in [-0.2, -0.15) is 8.78 Å². The van der Waals surface area contributed by atoms with Crippen molar-refractivity contribution in [2.45, 2.75) is 13.0 Å². The highest BCUT2D eigenvalue weighted by molar-refractivity contribution is 6.04. The Bertz CT molecular complexity index is 434. The molecule has 0 spiro atoms. The van der Waals surface area contributed by atoms with E-state index in [0.717, 1.165) is 0 Å². The van der Waals surface area contributed by atoms with Crippen molar-refractivity contribution in [3.05, 3.63) is 24.3 Å². The zero-order chi connectivity index (χ0) is 13.5. The second-order valence-electron chi connectivity index (χ2n) is 3.22. The molecule has 1 aromatic carbocycles. The Labute approximate surface area is 101 Å². The predicted molar refractivity (Wildman–Crippen MR) is 59.7 cm³/mol. The van der Waals surface area contributed by atoms with Gasteiger partial charge in [0.15, 0.2) is 0 Å². The van der Waals surface area contributed by atoms with Crippen LogP contribution in [0.15, 0.2) is 29.4 Å². The molecule has 0 bridgehead atoms. The fourth-order valence-electron chi connectivity index (χ4n) is 1.12. The van der Waals surface area contributed by atoms with Gasteiger partial charge in [-0.15, -0.1) is 0 Å². The number of ether oxygens (including phenoxy) is 1. The molecule has 0 unspecified atom stereocenters. The Morgan fingerprint density at radius 2 is 2.06 bits per heavy atom. The SMILES string of the molecule is N/C(CC(=O)Nc1ccc(OC(F)F)cc1)=N\O. The summed E-state index contributed by atoms with van der Waals surface area (Å²) in [5, 5.41) is 13.3. The lowest BCUT2D eigenvalue weighted by Crippen LogP contribution is -2.21. The van der Waals surface area contributed by atoms with Crippen LogP contribution in [0.4, 0.5) is 14.5 Å². The van der Waals surface area contributed by atoms with Crippen LogP contribution < -0.4 is 15.8 Å². The summed E-state index contributed by atoms with van der Waals surface area (Å²) in [6.45, 7) is -2.90. The minimum Gasteiger partial charge on any atom is -0.435 e. The second kappa shape index (κ2) is 6.38. The van der Waals surface area contributed by atoms with Crippen LogP contribution in [0.1, 0.15) is 6.42 Å². The molecule has 8 heteroatoms. The van der Waals surface area contributed by atoms with Crippen molar-refractivity contribution in [1.82, 2.24) is 0 Å². The summed E-state index contributed by atoms with van der Waals surface area (Å²) >= 11 is 0. The minimum absolute atomic E-state index is 0.0144. The largest absolute Gasteiger partial charge is 0.435 e. The normalized spacial score (nSPS) is 11.4. The molecule has 0 atom stereocenters. The van der Waals surface area contributed by atoms with Crippen LogP contribution in [0.5, 0.6) is 5.75 Å². The number of hydrogen-bond acceptors (Lipinski definition) is 4. The zero-order valence-corrected chi connectivity index (χ0v) is 9.14. The van der Waals surface area contributed by atoms with Crippen molar-refractivity contribution in [2.24, 2.45) is 10.9 Å². The first-order chi connectivity index (χ1) is 8.51. The first-order valence-corrected chi connectivity index (χ1v) is 4.82. The van der Waals surface area contributed by atoms with Crippen molar-refractivity contribution in [1.29, 1.82) is 0 Å². The van der Waals surface area contributed by atoms with Crippen molar-refractivity contribution < 1.29 is 23.5 Å². The Morgan fingerprint density at radius 1 is 1.44 bits per heavy atom. The lowest BCUT2D eigenvalue weighted by molar-refractivity contribution is -0.115. The number of nitrogens with zero attached hydrogens (tertiary/aromatic N) is 1. The lowest BCUT2D eigenvalue weighted by atomic mass is 10.3. The van der Waals surface area contributed by atoms with Crippen LogP contribution in [-0.4, -0.2) is 23.6 Å². The highest BCUT2D eigenvalue weighted by Crippen LogP contribution is 2.17. The Morgan fingerprint density at radius 3 is 2.56 bits per heavy atom. The molecular formula is C10H11F2N3O3. The van der Waals surface area contributed by atoms with Gasteiger partial charge in [-0.25, -0.2) is 0 Å². The van der Waals surface area contributed by atoms with Crippen LogP contribution in [-0.2, 0) is 4.79 Å². The molecule has 0 aliphatic heterocycles. The van der Waals surface area contributed by atoms with E-state index in [1.54, 1.807) is 0 Å². The van der Waals surface area contributed by atoms with Crippen LogP contribution in [0.25, 0.3) is 0 Å². The molecule has 0 saturated carbocycles. The standard InChI is InChI=1S/C10H11F2N3O3/c11-10(12)18-7-3-1-6(2-4-7)14-9(16)5-8(13)15-17/h1-4,10,17H,5H2,(H2,13,15)(H,14,16). The third-order valence-corrected chi connectivity index (χ3v) is 1.83. The summed E-state index contributed by atoms with van der Waals surface area (Å²) in [7, 11) is 0. The van der Waals surface area contributed by atoms with E-state index in [9.17, 15) is 13.6 Å². The van der Waals surface area contributed by atoms with Crippen molar-refractivity contribution in [2.75, 3.05) is 5.32 Å². The highest BCUT2D eigenvalue weighted by atomic mass is 19.3. The lowest BCUT2D eigenvalue weighted by Gasteiger charge is -2.07. The Hall–Kier alpha value is -2.38. The van der Waals surface area contributed by atoms with Crippen LogP contribution in [0.3, 0.4) is 0 Å². The molecule has 0 aliphatic rings. The topological polar surface area (TPSA) is 96.9 Å². The molecule has 0 heterocycles. The molecule has 0 aliphatic carbocycles. The van der Waals surface area contributed by atoms with Crippen LogP contribution in [0.2, 0.25) is 0 Å². The number of rotatable bonds is 5.